The Morgan fingerprint density at radius 2 is 2.15 bits per heavy atom. The van der Waals surface area contributed by atoms with Gasteiger partial charge in [-0.25, -0.2) is 0 Å². The minimum Gasteiger partial charge on any atom is -0.483 e. The second-order valence-electron chi connectivity index (χ2n) is 4.02. The summed E-state index contributed by atoms with van der Waals surface area (Å²) in [6.45, 7) is 0.373. The molecule has 1 N–H and O–H groups in total. The summed E-state index contributed by atoms with van der Waals surface area (Å²) in [6, 6.07) is 5.63. The molecule has 0 saturated heterocycles. The molecule has 0 aromatic heterocycles. The van der Waals surface area contributed by atoms with Crippen molar-refractivity contribution in [2.75, 3.05) is 11.9 Å². The van der Waals surface area contributed by atoms with Crippen LogP contribution < -0.4 is 10.1 Å². The number of nitrogens with zero attached hydrogens (tertiary/aromatic N) is 1. The van der Waals surface area contributed by atoms with Crippen molar-refractivity contribution in [2.45, 2.75) is 25.9 Å². The van der Waals surface area contributed by atoms with E-state index in [0.717, 1.165) is 0 Å². The molecule has 0 atom stereocenters. The average molecular weight is 286 g/mol. The van der Waals surface area contributed by atoms with E-state index in [1.807, 2.05) is 6.92 Å². The number of rotatable bonds is 5. The molecule has 4 nitrogen and oxygen atoms in total. The SMILES string of the molecule is CCCC(=O)Nc1ccc(OCC(F)(F)F)c(C#N)c1. The number of nitrogens with one attached hydrogen (secondary N) is 1. The Morgan fingerprint density at radius 1 is 1.45 bits per heavy atom. The van der Waals surface area contributed by atoms with Crippen molar-refractivity contribution in [3.05, 3.63) is 23.8 Å². The summed E-state index contributed by atoms with van der Waals surface area (Å²) < 4.78 is 40.7. The second-order valence-corrected chi connectivity index (χ2v) is 4.02. The van der Waals surface area contributed by atoms with Crippen LogP contribution in [0.5, 0.6) is 5.75 Å². The van der Waals surface area contributed by atoms with E-state index in [9.17, 15) is 18.0 Å². The van der Waals surface area contributed by atoms with Crippen molar-refractivity contribution in [1.29, 1.82) is 5.26 Å². The van der Waals surface area contributed by atoms with Crippen molar-refractivity contribution in [3.63, 3.8) is 0 Å². The predicted octanol–water partition coefficient (Wildman–Crippen LogP) is 3.24. The highest BCUT2D eigenvalue weighted by atomic mass is 19.4. The number of halogens is 3. The van der Waals surface area contributed by atoms with Crippen LogP contribution in [0.2, 0.25) is 0 Å². The summed E-state index contributed by atoms with van der Waals surface area (Å²) in [4.78, 5) is 11.4. The lowest BCUT2D eigenvalue weighted by Crippen LogP contribution is -2.19. The lowest BCUT2D eigenvalue weighted by Gasteiger charge is -2.11. The first-order valence-electron chi connectivity index (χ1n) is 5.89. The quantitative estimate of drug-likeness (QED) is 0.903. The van der Waals surface area contributed by atoms with Gasteiger partial charge in [0.25, 0.3) is 0 Å². The molecule has 0 heterocycles. The lowest BCUT2D eigenvalue weighted by atomic mass is 10.2. The zero-order chi connectivity index (χ0) is 15.2. The third kappa shape index (κ3) is 5.18. The van der Waals surface area contributed by atoms with Gasteiger partial charge in [-0.3, -0.25) is 4.79 Å². The Labute approximate surface area is 114 Å². The Morgan fingerprint density at radius 3 is 2.70 bits per heavy atom. The molecule has 1 aromatic rings. The van der Waals surface area contributed by atoms with E-state index < -0.39 is 12.8 Å². The number of ether oxygens (including phenoxy) is 1. The number of hydrogen-bond donors (Lipinski definition) is 1. The van der Waals surface area contributed by atoms with Gasteiger partial charge < -0.3 is 10.1 Å². The molecule has 0 spiro atoms. The largest absolute Gasteiger partial charge is 0.483 e. The lowest BCUT2D eigenvalue weighted by molar-refractivity contribution is -0.153. The van der Waals surface area contributed by atoms with Crippen molar-refractivity contribution in [3.8, 4) is 11.8 Å². The van der Waals surface area contributed by atoms with Crippen molar-refractivity contribution < 1.29 is 22.7 Å². The van der Waals surface area contributed by atoms with Gasteiger partial charge in [0.15, 0.2) is 6.61 Å². The summed E-state index contributed by atoms with van der Waals surface area (Å²) >= 11 is 0. The third-order valence-corrected chi connectivity index (χ3v) is 2.25. The summed E-state index contributed by atoms with van der Waals surface area (Å²) in [5.74, 6) is -0.390. The van der Waals surface area contributed by atoms with Gasteiger partial charge in [-0.15, -0.1) is 0 Å². The van der Waals surface area contributed by atoms with Crippen molar-refractivity contribution >= 4 is 11.6 Å². The van der Waals surface area contributed by atoms with Crippen molar-refractivity contribution in [1.82, 2.24) is 0 Å². The van der Waals surface area contributed by atoms with E-state index in [-0.39, 0.29) is 17.2 Å². The van der Waals surface area contributed by atoms with Gasteiger partial charge >= 0.3 is 6.18 Å². The molecule has 0 aliphatic heterocycles. The van der Waals surface area contributed by atoms with Crippen LogP contribution in [-0.2, 0) is 4.79 Å². The highest BCUT2D eigenvalue weighted by molar-refractivity contribution is 5.90. The average Bonchev–Trinajstić information content (AvgIpc) is 2.36. The number of anilines is 1. The van der Waals surface area contributed by atoms with Gasteiger partial charge in [0.2, 0.25) is 5.91 Å². The highest BCUT2D eigenvalue weighted by Crippen LogP contribution is 2.24. The second kappa shape index (κ2) is 6.80. The molecule has 1 aromatic carbocycles. The number of carbonyl (C=O) groups is 1. The van der Waals surface area contributed by atoms with E-state index >= 15 is 0 Å². The smallest absolute Gasteiger partial charge is 0.422 e. The van der Waals surface area contributed by atoms with Crippen LogP contribution in [0.3, 0.4) is 0 Å². The fourth-order valence-corrected chi connectivity index (χ4v) is 1.43. The van der Waals surface area contributed by atoms with Gasteiger partial charge in [-0.2, -0.15) is 18.4 Å². The highest BCUT2D eigenvalue weighted by Gasteiger charge is 2.28. The predicted molar refractivity (Wildman–Crippen MR) is 66.2 cm³/mol. The molecule has 0 saturated carbocycles. The molecule has 0 aliphatic carbocycles. The van der Waals surface area contributed by atoms with Crippen LogP contribution in [0.15, 0.2) is 18.2 Å². The van der Waals surface area contributed by atoms with Crippen LogP contribution >= 0.6 is 0 Å². The molecule has 20 heavy (non-hydrogen) atoms. The molecule has 7 heteroatoms. The zero-order valence-corrected chi connectivity index (χ0v) is 10.8. The van der Waals surface area contributed by atoms with Crippen LogP contribution in [-0.4, -0.2) is 18.7 Å². The fraction of sp³-hybridized carbons (Fsp3) is 0.385. The standard InChI is InChI=1S/C13H13F3N2O2/c1-2-3-12(19)18-10-4-5-11(9(6-10)7-17)20-8-13(14,15)16/h4-6H,2-3,8H2,1H3,(H,18,19). The van der Waals surface area contributed by atoms with Gasteiger partial charge in [-0.1, -0.05) is 6.92 Å². The van der Waals surface area contributed by atoms with Crippen LogP contribution in [0.1, 0.15) is 25.3 Å². The Bertz CT molecular complexity index is 521. The van der Waals surface area contributed by atoms with Crippen molar-refractivity contribution in [2.24, 2.45) is 0 Å². The molecule has 0 bridgehead atoms. The molecule has 0 aliphatic rings. The monoisotopic (exact) mass is 286 g/mol. The number of amides is 1. The molecular formula is C13H13F3N2O2. The minimum absolute atomic E-state index is 0.0662. The molecule has 0 fully saturated rings. The minimum atomic E-state index is -4.47. The maximum atomic E-state index is 12.0. The maximum absolute atomic E-state index is 12.0. The summed E-state index contributed by atoms with van der Waals surface area (Å²) in [5, 5.41) is 11.4. The Hall–Kier alpha value is -2.23. The Balaban J connectivity index is 2.81. The number of hydrogen-bond acceptors (Lipinski definition) is 3. The summed E-state index contributed by atoms with van der Waals surface area (Å²) in [5.41, 5.74) is 0.280. The molecule has 108 valence electrons. The van der Waals surface area contributed by atoms with Gasteiger partial charge in [0, 0.05) is 12.1 Å². The maximum Gasteiger partial charge on any atom is 0.422 e. The summed E-state index contributed by atoms with van der Waals surface area (Å²) in [6.07, 6.45) is -3.47. The first-order valence-corrected chi connectivity index (χ1v) is 5.89. The van der Waals surface area contributed by atoms with Crippen LogP contribution in [0.4, 0.5) is 18.9 Å². The number of carbonyl (C=O) groups excluding carboxylic acids is 1. The zero-order valence-electron chi connectivity index (χ0n) is 10.8. The van der Waals surface area contributed by atoms with Gasteiger partial charge in [-0.05, 0) is 24.6 Å². The van der Waals surface area contributed by atoms with E-state index in [2.05, 4.69) is 10.1 Å². The van der Waals surface area contributed by atoms with Crippen LogP contribution in [0.25, 0.3) is 0 Å². The first kappa shape index (κ1) is 15.8. The first-order chi connectivity index (χ1) is 9.35. The molecule has 0 radical (unpaired) electrons. The Kier molecular flexibility index (Phi) is 5.38. The molecular weight excluding hydrogens is 273 g/mol. The number of benzene rings is 1. The summed E-state index contributed by atoms with van der Waals surface area (Å²) in [7, 11) is 0. The van der Waals surface area contributed by atoms with E-state index in [1.54, 1.807) is 6.07 Å². The van der Waals surface area contributed by atoms with Gasteiger partial charge in [0.1, 0.15) is 11.8 Å². The van der Waals surface area contributed by atoms with E-state index in [1.165, 1.54) is 18.2 Å². The fourth-order valence-electron chi connectivity index (χ4n) is 1.43. The van der Waals surface area contributed by atoms with E-state index in [0.29, 0.717) is 18.5 Å². The topological polar surface area (TPSA) is 62.1 Å². The van der Waals surface area contributed by atoms with Gasteiger partial charge in [0.05, 0.1) is 5.56 Å². The number of alkyl halides is 3. The van der Waals surface area contributed by atoms with Crippen LogP contribution in [0, 0.1) is 11.3 Å². The molecule has 1 rings (SSSR count). The van der Waals surface area contributed by atoms with E-state index in [4.69, 9.17) is 5.26 Å². The normalized spacial score (nSPS) is 10.8. The molecule has 0 unspecified atom stereocenters. The number of nitriles is 1. The third-order valence-electron chi connectivity index (χ3n) is 2.25. The molecule has 1 amide bonds.